The molecule has 0 nitrogen and oxygen atoms in total. The second kappa shape index (κ2) is 3.15. The smallest absolute Gasteiger partial charge is 0.146 e. The number of hydrogen-bond acceptors (Lipinski definition) is 0. The lowest BCUT2D eigenvalue weighted by Crippen LogP contribution is -2.37. The molecule has 1 heterocycles. The summed E-state index contributed by atoms with van der Waals surface area (Å²) in [6, 6.07) is 1.93. The lowest BCUT2D eigenvalue weighted by Gasteiger charge is -2.29. The molecule has 0 atom stereocenters. The summed E-state index contributed by atoms with van der Waals surface area (Å²) in [5.41, 5.74) is 0.742. The van der Waals surface area contributed by atoms with Crippen LogP contribution in [0.5, 0.6) is 0 Å². The number of halogens is 4. The third-order valence-electron chi connectivity index (χ3n) is 1.60. The van der Waals surface area contributed by atoms with Crippen molar-refractivity contribution in [3.05, 3.63) is 0 Å². The van der Waals surface area contributed by atoms with Crippen LogP contribution >= 0.6 is 44.3 Å². The highest BCUT2D eigenvalue weighted by molar-refractivity contribution is 7.56. The van der Waals surface area contributed by atoms with Gasteiger partial charge in [0.2, 0.25) is 0 Å². The van der Waals surface area contributed by atoms with Gasteiger partial charge in [0, 0.05) is 0 Å². The zero-order chi connectivity index (χ0) is 7.83. The van der Waals surface area contributed by atoms with E-state index in [1.165, 1.54) is 0 Å². The summed E-state index contributed by atoms with van der Waals surface area (Å²) in [6.45, 7) is -3.97. The van der Waals surface area contributed by atoms with Crippen LogP contribution in [0.2, 0.25) is 17.8 Å². The van der Waals surface area contributed by atoms with E-state index in [0.717, 1.165) is 24.2 Å². The molecule has 0 saturated carbocycles. The van der Waals surface area contributed by atoms with E-state index in [2.05, 4.69) is 0 Å². The molecule has 0 unspecified atom stereocenters. The van der Waals surface area contributed by atoms with E-state index in [1.54, 1.807) is 0 Å². The minimum atomic E-state index is -1.98. The van der Waals surface area contributed by atoms with Gasteiger partial charge in [-0.15, -0.1) is 44.3 Å². The Morgan fingerprint density at radius 3 is 1.40 bits per heavy atom. The minimum Gasteiger partial charge on any atom is -0.146 e. The highest BCUT2D eigenvalue weighted by atomic mass is 35.7. The first-order valence-electron chi connectivity index (χ1n) is 3.17. The van der Waals surface area contributed by atoms with Gasteiger partial charge >= 0.3 is 0 Å². The van der Waals surface area contributed by atoms with Gasteiger partial charge < -0.3 is 0 Å². The fourth-order valence-corrected chi connectivity index (χ4v) is 19.6. The molecule has 1 rings (SSSR count). The molecule has 60 valence electrons. The summed E-state index contributed by atoms with van der Waals surface area (Å²) < 4.78 is 0. The summed E-state index contributed by atoms with van der Waals surface area (Å²) in [4.78, 5) is 0. The monoisotopic (exact) mass is 252 g/mol. The first-order chi connectivity index (χ1) is 4.41. The van der Waals surface area contributed by atoms with E-state index in [9.17, 15) is 0 Å². The Morgan fingerprint density at radius 1 is 0.800 bits per heavy atom. The molecule has 0 N–H and O–H groups in total. The van der Waals surface area contributed by atoms with Crippen LogP contribution in [-0.4, -0.2) is 13.4 Å². The third kappa shape index (κ3) is 2.91. The normalized spacial score (nSPS) is 30.0. The second-order valence-corrected chi connectivity index (χ2v) is 18.4. The molecule has 0 aliphatic carbocycles. The molecule has 0 aromatic carbocycles. The van der Waals surface area contributed by atoms with E-state index in [0.29, 0.717) is 0 Å². The highest BCUT2D eigenvalue weighted by Gasteiger charge is 2.45. The SMILES string of the molecule is Cl[Si]1(Cl)CCC[Si](Cl)(Cl)C1. The molecule has 1 saturated heterocycles. The maximum absolute atomic E-state index is 6.03. The Balaban J connectivity index is 2.56. The van der Waals surface area contributed by atoms with Gasteiger partial charge in [-0.1, -0.05) is 6.42 Å². The molecule has 6 heteroatoms. The lowest BCUT2D eigenvalue weighted by atomic mass is 10.6. The summed E-state index contributed by atoms with van der Waals surface area (Å²) in [5.74, 6) is 0. The molecule has 0 spiro atoms. The Kier molecular flexibility index (Phi) is 3.05. The van der Waals surface area contributed by atoms with Crippen LogP contribution in [0.25, 0.3) is 0 Å². The van der Waals surface area contributed by atoms with Crippen LogP contribution in [0.3, 0.4) is 0 Å². The summed E-state index contributed by atoms with van der Waals surface area (Å²) in [7, 11) is 0. The molecule has 1 fully saturated rings. The predicted octanol–water partition coefficient (Wildman–Crippen LogP) is 3.77. The van der Waals surface area contributed by atoms with Crippen molar-refractivity contribution in [2.24, 2.45) is 0 Å². The zero-order valence-electron chi connectivity index (χ0n) is 5.34. The van der Waals surface area contributed by atoms with E-state index in [4.69, 9.17) is 44.3 Å². The van der Waals surface area contributed by atoms with Gasteiger partial charge in [0.15, 0.2) is 0 Å². The quantitative estimate of drug-likeness (QED) is 0.456. The topological polar surface area (TPSA) is 0 Å². The second-order valence-electron chi connectivity index (χ2n) is 2.74. The van der Waals surface area contributed by atoms with E-state index < -0.39 is 13.4 Å². The molecule has 0 aromatic rings. The molecule has 0 radical (unpaired) electrons. The van der Waals surface area contributed by atoms with Crippen molar-refractivity contribution >= 4 is 57.7 Å². The first-order valence-corrected chi connectivity index (χ1v) is 12.0. The molecule has 1 aliphatic heterocycles. The van der Waals surface area contributed by atoms with Crippen molar-refractivity contribution in [2.75, 3.05) is 0 Å². The maximum atomic E-state index is 6.03. The largest absolute Gasteiger partial charge is 0.251 e. The Hall–Kier alpha value is 1.59. The van der Waals surface area contributed by atoms with E-state index in [1.807, 2.05) is 0 Å². The van der Waals surface area contributed by atoms with Crippen LogP contribution in [0.1, 0.15) is 6.42 Å². The fourth-order valence-electron chi connectivity index (χ4n) is 1.16. The molecular weight excluding hydrogens is 246 g/mol. The number of rotatable bonds is 0. The maximum Gasteiger partial charge on any atom is 0.251 e. The Morgan fingerprint density at radius 2 is 1.20 bits per heavy atom. The van der Waals surface area contributed by atoms with Crippen molar-refractivity contribution in [1.29, 1.82) is 0 Å². The average Bonchev–Trinajstić information content (AvgIpc) is 1.56. The Bertz CT molecular complexity index is 121. The molecule has 10 heavy (non-hydrogen) atoms. The van der Waals surface area contributed by atoms with Crippen LogP contribution in [-0.2, 0) is 0 Å². The molecule has 0 aromatic heterocycles. The highest BCUT2D eigenvalue weighted by Crippen LogP contribution is 2.43. The van der Waals surface area contributed by atoms with E-state index >= 15 is 0 Å². The van der Waals surface area contributed by atoms with Crippen LogP contribution in [0.4, 0.5) is 0 Å². The van der Waals surface area contributed by atoms with Crippen LogP contribution in [0.15, 0.2) is 0 Å². The van der Waals surface area contributed by atoms with Gasteiger partial charge in [-0.2, -0.15) is 0 Å². The lowest BCUT2D eigenvalue weighted by molar-refractivity contribution is 1.02. The first kappa shape index (κ1) is 9.68. The molecular formula is C4H8Cl4Si2. The molecule has 1 aliphatic rings. The predicted molar refractivity (Wildman–Crippen MR) is 54.0 cm³/mol. The van der Waals surface area contributed by atoms with Crippen molar-refractivity contribution in [3.8, 4) is 0 Å². The Labute approximate surface area is 81.6 Å². The van der Waals surface area contributed by atoms with Crippen molar-refractivity contribution in [1.82, 2.24) is 0 Å². The van der Waals surface area contributed by atoms with Gasteiger partial charge in [0.1, 0.15) is 0 Å². The average molecular weight is 254 g/mol. The van der Waals surface area contributed by atoms with Crippen molar-refractivity contribution in [2.45, 2.75) is 24.2 Å². The van der Waals surface area contributed by atoms with Crippen molar-refractivity contribution < 1.29 is 0 Å². The van der Waals surface area contributed by atoms with Gasteiger partial charge in [-0.25, -0.2) is 0 Å². The van der Waals surface area contributed by atoms with Gasteiger partial charge in [-0.3, -0.25) is 0 Å². The fraction of sp³-hybridized carbons (Fsp3) is 1.00. The summed E-state index contributed by atoms with van der Waals surface area (Å²) in [5, 5.41) is 0. The molecule has 0 amide bonds. The third-order valence-corrected chi connectivity index (χ3v) is 15.0. The molecule has 0 bridgehead atoms. The standard InChI is InChI=1S/C4H8Cl4Si2/c5-9(6)2-1-3-10(7,8)4-9/h1-4H2. The zero-order valence-corrected chi connectivity index (χ0v) is 10.4. The number of hydrogen-bond donors (Lipinski definition) is 0. The van der Waals surface area contributed by atoms with Gasteiger partial charge in [0.25, 0.3) is 13.4 Å². The minimum absolute atomic E-state index is 0.742. The van der Waals surface area contributed by atoms with Crippen LogP contribution in [0, 0.1) is 0 Å². The van der Waals surface area contributed by atoms with E-state index in [-0.39, 0.29) is 0 Å². The van der Waals surface area contributed by atoms with Gasteiger partial charge in [-0.05, 0) is 17.8 Å². The summed E-state index contributed by atoms with van der Waals surface area (Å²) in [6.07, 6.45) is 1.03. The van der Waals surface area contributed by atoms with Crippen LogP contribution < -0.4 is 0 Å². The van der Waals surface area contributed by atoms with Crippen molar-refractivity contribution in [3.63, 3.8) is 0 Å². The summed E-state index contributed by atoms with van der Waals surface area (Å²) >= 11 is 24.1. The van der Waals surface area contributed by atoms with Gasteiger partial charge in [0.05, 0.1) is 0 Å².